The zero-order valence-corrected chi connectivity index (χ0v) is 31.7. The van der Waals surface area contributed by atoms with Gasteiger partial charge in [0.05, 0.1) is 46.0 Å². The van der Waals surface area contributed by atoms with E-state index in [1.165, 1.54) is 0 Å². The van der Waals surface area contributed by atoms with Gasteiger partial charge in [-0.3, -0.25) is 38.8 Å². The average molecular weight is 877 g/mol. The topological polar surface area (TPSA) is 205 Å². The Bertz CT molecular complexity index is 2220. The number of carboxylic acid groups (broad SMARTS) is 2. The van der Waals surface area contributed by atoms with Crippen molar-refractivity contribution in [3.05, 3.63) is 105 Å². The molecule has 0 atom stereocenters. The number of aliphatic carboxylic acids is 2. The van der Waals surface area contributed by atoms with Crippen molar-refractivity contribution in [1.29, 1.82) is 0 Å². The number of carboxylic acids is 2. The summed E-state index contributed by atoms with van der Waals surface area (Å²) in [4.78, 5) is 67.2. The van der Waals surface area contributed by atoms with Gasteiger partial charge in [-0.1, -0.05) is 24.3 Å². The van der Waals surface area contributed by atoms with Gasteiger partial charge in [-0.25, -0.2) is 9.97 Å². The fraction of sp³-hybridized carbons (Fsp3) is 0.316. The Morgan fingerprint density at radius 3 is 1.26 bits per heavy atom. The van der Waals surface area contributed by atoms with Crippen LogP contribution in [0.25, 0.3) is 44.1 Å². The molecule has 4 N–H and O–H groups in total. The molecular weight excluding hydrogens is 836 g/mol. The van der Waals surface area contributed by atoms with Crippen LogP contribution in [0.4, 0.5) is 0 Å². The summed E-state index contributed by atoms with van der Waals surface area (Å²) < 4.78 is 12.0. The molecule has 283 valence electrons. The minimum Gasteiger partial charge on any atom is -0.480 e. The van der Waals surface area contributed by atoms with E-state index in [0.29, 0.717) is 110 Å². The molecule has 1 aliphatic rings. The Kier molecular flexibility index (Phi) is 14.2. The first-order chi connectivity index (χ1) is 25.2. The second-order valence-corrected chi connectivity index (χ2v) is 13.1. The third-order valence-electron chi connectivity index (χ3n) is 9.42. The largest absolute Gasteiger partial charge is 0.480 e. The van der Waals surface area contributed by atoms with E-state index in [0.717, 1.165) is 0 Å². The summed E-state index contributed by atoms with van der Waals surface area (Å²) in [5.41, 5.74) is 2.43. The average Bonchev–Trinajstić information content (AvgIpc) is 3.12. The molecule has 0 bridgehead atoms. The molecule has 0 unspecified atom stereocenters. The number of benzene rings is 2. The first-order valence-electron chi connectivity index (χ1n) is 17.2. The minimum atomic E-state index is -0.935. The molecule has 2 aromatic carbocycles. The van der Waals surface area contributed by atoms with Crippen molar-refractivity contribution in [2.75, 3.05) is 65.4 Å². The van der Waals surface area contributed by atoms with Crippen LogP contribution in [0.5, 0.6) is 0 Å². The van der Waals surface area contributed by atoms with Crippen molar-refractivity contribution in [2.24, 2.45) is 0 Å². The van der Waals surface area contributed by atoms with E-state index in [9.17, 15) is 29.4 Å². The van der Waals surface area contributed by atoms with E-state index < -0.39 is 11.9 Å². The van der Waals surface area contributed by atoms with Crippen LogP contribution in [-0.4, -0.2) is 123 Å². The second kappa shape index (κ2) is 18.6. The van der Waals surface area contributed by atoms with Gasteiger partial charge in [0.1, 0.15) is 11.2 Å². The summed E-state index contributed by atoms with van der Waals surface area (Å²) in [5, 5.41) is 21.2. The van der Waals surface area contributed by atoms with Gasteiger partial charge < -0.3 is 24.5 Å². The number of para-hydroxylation sites is 2. The van der Waals surface area contributed by atoms with Gasteiger partial charge in [0.25, 0.3) is 0 Å². The predicted molar refractivity (Wildman–Crippen MR) is 198 cm³/mol. The molecule has 6 aromatic rings. The molecule has 4 aromatic heterocycles. The van der Waals surface area contributed by atoms with Crippen molar-refractivity contribution in [3.8, 4) is 0 Å². The summed E-state index contributed by atoms with van der Waals surface area (Å²) in [7, 11) is 0. The molecule has 15 nitrogen and oxygen atoms in total. The molecule has 1 aliphatic heterocycles. The van der Waals surface area contributed by atoms with Crippen LogP contribution in [0.15, 0.2) is 91.2 Å². The normalized spacial score (nSPS) is 15.7. The first-order valence-corrected chi connectivity index (χ1v) is 17.2. The summed E-state index contributed by atoms with van der Waals surface area (Å²) in [6.07, 6.45) is 0. The van der Waals surface area contributed by atoms with Crippen molar-refractivity contribution in [1.82, 2.24) is 29.6 Å². The number of fused-ring (bicyclic) bond motifs is 4. The Balaban J connectivity index is 0.00000280. The van der Waals surface area contributed by atoms with E-state index in [-0.39, 0.29) is 90.2 Å². The van der Waals surface area contributed by atoms with E-state index in [1.807, 2.05) is 9.80 Å². The Labute approximate surface area is 349 Å². The van der Waals surface area contributed by atoms with Crippen LogP contribution in [-0.2, 0) is 22.7 Å². The van der Waals surface area contributed by atoms with Crippen LogP contribution in [0.3, 0.4) is 0 Å². The molecule has 0 spiro atoms. The van der Waals surface area contributed by atoms with E-state index >= 15 is 0 Å². The number of hydrogen-bond donors (Lipinski definition) is 2. The molecular formula is C38H40EuN6O9. The van der Waals surface area contributed by atoms with Crippen LogP contribution in [0.2, 0.25) is 0 Å². The molecule has 1 fully saturated rings. The maximum atomic E-state index is 13.0. The number of pyridine rings is 2. The fourth-order valence-corrected chi connectivity index (χ4v) is 6.67. The third-order valence-corrected chi connectivity index (χ3v) is 9.42. The molecule has 7 rings (SSSR count). The molecule has 1 radical (unpaired) electrons. The van der Waals surface area contributed by atoms with Crippen LogP contribution >= 0.6 is 0 Å². The number of aromatic nitrogens is 2. The van der Waals surface area contributed by atoms with E-state index in [2.05, 4.69) is 19.8 Å². The number of rotatable bonds is 8. The standard InChI is InChI=1S/C38H38N6O8.Eu.H2O/c45-33(46)23-43-17-13-41(21-25-9-11-29-35(49)27-5-1-3-7-31(27)51-37(29)39-25)14-18-44(24-34(47)48)20-16-42(15-19-43)22-26-10-12-30-36(50)28-6-2-4-8-32(28)52-38(30)40-26;;/h1-12H,13-24H2,(H,45,46)(H,47,48);;1H2. The van der Waals surface area contributed by atoms with Gasteiger partial charge in [0.15, 0.2) is 0 Å². The molecule has 0 amide bonds. The zero-order chi connectivity index (χ0) is 36.2. The van der Waals surface area contributed by atoms with Gasteiger partial charge in [0.2, 0.25) is 22.3 Å². The van der Waals surface area contributed by atoms with Crippen molar-refractivity contribution >= 4 is 56.1 Å². The number of nitrogens with zero attached hydrogens (tertiary/aromatic N) is 6. The maximum absolute atomic E-state index is 13.0. The van der Waals surface area contributed by atoms with Gasteiger partial charge >= 0.3 is 11.9 Å². The van der Waals surface area contributed by atoms with Crippen LogP contribution < -0.4 is 10.9 Å². The minimum absolute atomic E-state index is 0. The van der Waals surface area contributed by atoms with Gasteiger partial charge in [-0.05, 0) is 48.5 Å². The number of hydrogen-bond acceptors (Lipinski definition) is 12. The van der Waals surface area contributed by atoms with Crippen molar-refractivity contribution in [3.63, 3.8) is 0 Å². The third kappa shape index (κ3) is 9.81. The Hall–Kier alpha value is -4.00. The Morgan fingerprint density at radius 2 is 0.889 bits per heavy atom. The molecule has 1 saturated heterocycles. The molecule has 5 heterocycles. The SMILES string of the molecule is O.O=C(O)CN1CCN(Cc2ccc3c(=O)c4ccccc4oc3n2)CCN(CC(=O)O)CCN(Cc2ccc3c(=O)c4ccccc4oc3n2)CC1.[Eu]. The van der Waals surface area contributed by atoms with E-state index in [4.69, 9.17) is 8.83 Å². The quantitative estimate of drug-likeness (QED) is 0.211. The molecule has 0 aliphatic carbocycles. The summed E-state index contributed by atoms with van der Waals surface area (Å²) in [5.74, 6) is -1.87. The van der Waals surface area contributed by atoms with Crippen molar-refractivity contribution in [2.45, 2.75) is 13.1 Å². The van der Waals surface area contributed by atoms with Crippen molar-refractivity contribution < 1.29 is 83.5 Å². The summed E-state index contributed by atoms with van der Waals surface area (Å²) in [6, 6.07) is 21.1. The summed E-state index contributed by atoms with van der Waals surface area (Å²) in [6.45, 7) is 4.24. The van der Waals surface area contributed by atoms with Gasteiger partial charge in [-0.15, -0.1) is 0 Å². The second-order valence-electron chi connectivity index (χ2n) is 13.1. The number of carbonyl (C=O) groups is 2. The fourth-order valence-electron chi connectivity index (χ4n) is 6.67. The molecule has 16 heteroatoms. The molecule has 0 saturated carbocycles. The molecule has 54 heavy (non-hydrogen) atoms. The van der Waals surface area contributed by atoms with E-state index in [1.54, 1.807) is 72.8 Å². The van der Waals surface area contributed by atoms with Gasteiger partial charge in [-0.2, -0.15) is 0 Å². The van der Waals surface area contributed by atoms with Crippen LogP contribution in [0.1, 0.15) is 11.4 Å². The van der Waals surface area contributed by atoms with Gasteiger partial charge in [0, 0.05) is 115 Å². The zero-order valence-electron chi connectivity index (χ0n) is 29.3. The monoisotopic (exact) mass is 877 g/mol. The smallest absolute Gasteiger partial charge is 0.317 e. The maximum Gasteiger partial charge on any atom is 0.317 e. The Morgan fingerprint density at radius 1 is 0.537 bits per heavy atom. The summed E-state index contributed by atoms with van der Waals surface area (Å²) >= 11 is 0. The predicted octanol–water partition coefficient (Wildman–Crippen LogP) is 2.26. The first kappa shape index (κ1) is 41.2. The van der Waals surface area contributed by atoms with Crippen LogP contribution in [0, 0.1) is 49.4 Å².